The van der Waals surface area contributed by atoms with E-state index in [-0.39, 0.29) is 12.0 Å². The lowest BCUT2D eigenvalue weighted by Gasteiger charge is -2.26. The molecule has 5 heteroatoms. The summed E-state index contributed by atoms with van der Waals surface area (Å²) in [5.74, 6) is 1.04. The first-order chi connectivity index (χ1) is 14.1. The zero-order valence-electron chi connectivity index (χ0n) is 17.6. The van der Waals surface area contributed by atoms with Crippen molar-refractivity contribution in [3.8, 4) is 5.75 Å². The van der Waals surface area contributed by atoms with Crippen molar-refractivity contribution < 1.29 is 9.53 Å². The molecule has 1 saturated heterocycles. The Balaban J connectivity index is 1.45. The van der Waals surface area contributed by atoms with Crippen LogP contribution in [0, 0.1) is 0 Å². The highest BCUT2D eigenvalue weighted by Gasteiger charge is 2.18. The van der Waals surface area contributed by atoms with Crippen LogP contribution in [-0.2, 0) is 6.54 Å². The summed E-state index contributed by atoms with van der Waals surface area (Å²) in [6.07, 6.45) is 3.61. The highest BCUT2D eigenvalue weighted by molar-refractivity contribution is 5.94. The van der Waals surface area contributed by atoms with Gasteiger partial charge in [0.2, 0.25) is 0 Å². The molecule has 156 valence electrons. The Morgan fingerprint density at radius 2 is 1.83 bits per heavy atom. The molecule has 3 rings (SSSR count). The van der Waals surface area contributed by atoms with Gasteiger partial charge in [-0.05, 0) is 62.9 Å². The van der Waals surface area contributed by atoms with Gasteiger partial charge in [-0.3, -0.25) is 4.79 Å². The summed E-state index contributed by atoms with van der Waals surface area (Å²) in [5.41, 5.74) is 2.94. The van der Waals surface area contributed by atoms with Gasteiger partial charge in [0.1, 0.15) is 5.75 Å². The first kappa shape index (κ1) is 21.2. The summed E-state index contributed by atoms with van der Waals surface area (Å²) >= 11 is 0. The summed E-state index contributed by atoms with van der Waals surface area (Å²) in [4.78, 5) is 14.7. The van der Waals surface area contributed by atoms with Crippen LogP contribution in [0.15, 0.2) is 48.5 Å². The Bertz CT molecular complexity index is 785. The summed E-state index contributed by atoms with van der Waals surface area (Å²) in [6, 6.07) is 16.0. The molecule has 1 aliphatic rings. The Kier molecular flexibility index (Phi) is 7.94. The molecule has 1 aliphatic heterocycles. The number of anilines is 1. The van der Waals surface area contributed by atoms with Gasteiger partial charge in [0.15, 0.2) is 0 Å². The minimum Gasteiger partial charge on any atom is -0.489 e. The number of amides is 1. The smallest absolute Gasteiger partial charge is 0.253 e. The van der Waals surface area contributed by atoms with E-state index < -0.39 is 0 Å². The van der Waals surface area contributed by atoms with Gasteiger partial charge in [0.05, 0.1) is 11.8 Å². The maximum absolute atomic E-state index is 12.7. The van der Waals surface area contributed by atoms with Gasteiger partial charge in [-0.15, -0.1) is 0 Å². The average molecular weight is 396 g/mol. The predicted octanol–water partition coefficient (Wildman–Crippen LogP) is 4.30. The quantitative estimate of drug-likeness (QED) is 0.622. The van der Waals surface area contributed by atoms with Crippen molar-refractivity contribution in [2.24, 2.45) is 0 Å². The summed E-state index contributed by atoms with van der Waals surface area (Å²) in [7, 11) is 0. The van der Waals surface area contributed by atoms with Gasteiger partial charge in [0.25, 0.3) is 5.91 Å². The molecular weight excluding hydrogens is 362 g/mol. The van der Waals surface area contributed by atoms with Crippen LogP contribution < -0.4 is 15.4 Å². The molecule has 0 spiro atoms. The first-order valence-electron chi connectivity index (χ1n) is 10.7. The number of para-hydroxylation sites is 2. The van der Waals surface area contributed by atoms with Crippen LogP contribution in [0.1, 0.15) is 49.0 Å². The number of carbonyl (C=O) groups is 1. The second-order valence-corrected chi connectivity index (χ2v) is 7.82. The number of hydrogen-bond acceptors (Lipinski definition) is 4. The molecule has 29 heavy (non-hydrogen) atoms. The van der Waals surface area contributed by atoms with E-state index in [2.05, 4.69) is 16.7 Å². The number of nitrogens with zero attached hydrogens (tertiary/aromatic N) is 1. The number of rotatable bonds is 9. The van der Waals surface area contributed by atoms with Crippen LogP contribution in [0.2, 0.25) is 0 Å². The highest BCUT2D eigenvalue weighted by Crippen LogP contribution is 2.24. The Labute approximate surface area is 174 Å². The second kappa shape index (κ2) is 10.9. The lowest BCUT2D eigenvalue weighted by molar-refractivity contribution is 0.0724. The molecule has 2 N–H and O–H groups in total. The fourth-order valence-electron chi connectivity index (χ4n) is 3.58. The van der Waals surface area contributed by atoms with Crippen molar-refractivity contribution in [3.05, 3.63) is 59.7 Å². The topological polar surface area (TPSA) is 53.6 Å². The van der Waals surface area contributed by atoms with Crippen LogP contribution in [0.25, 0.3) is 0 Å². The van der Waals surface area contributed by atoms with E-state index >= 15 is 0 Å². The number of benzene rings is 2. The SMILES string of the molecule is CC(C)Oc1ccccc1NCCNCc1cccc(C(=O)N2CCCCC2)c1. The molecule has 0 aliphatic carbocycles. The highest BCUT2D eigenvalue weighted by atomic mass is 16.5. The van der Waals surface area contributed by atoms with Crippen LogP contribution in [-0.4, -0.2) is 43.1 Å². The first-order valence-corrected chi connectivity index (χ1v) is 10.7. The maximum Gasteiger partial charge on any atom is 0.253 e. The Hall–Kier alpha value is -2.53. The molecule has 0 aromatic heterocycles. The van der Waals surface area contributed by atoms with E-state index in [1.807, 2.05) is 61.2 Å². The largest absolute Gasteiger partial charge is 0.489 e. The minimum absolute atomic E-state index is 0.149. The van der Waals surface area contributed by atoms with Crippen LogP contribution in [0.4, 0.5) is 5.69 Å². The van der Waals surface area contributed by atoms with Crippen molar-refractivity contribution >= 4 is 11.6 Å². The molecule has 0 saturated carbocycles. The molecule has 0 radical (unpaired) electrons. The van der Waals surface area contributed by atoms with E-state index in [0.717, 1.165) is 68.1 Å². The van der Waals surface area contributed by atoms with Crippen molar-refractivity contribution in [1.29, 1.82) is 0 Å². The minimum atomic E-state index is 0.149. The number of ether oxygens (including phenoxy) is 1. The molecule has 1 amide bonds. The number of nitrogens with one attached hydrogen (secondary N) is 2. The lowest BCUT2D eigenvalue weighted by Crippen LogP contribution is -2.35. The molecule has 5 nitrogen and oxygen atoms in total. The van der Waals surface area contributed by atoms with E-state index in [1.54, 1.807) is 0 Å². The van der Waals surface area contributed by atoms with Gasteiger partial charge in [-0.2, -0.15) is 0 Å². The van der Waals surface area contributed by atoms with Crippen LogP contribution in [0.5, 0.6) is 5.75 Å². The standard InChI is InChI=1S/C24H33N3O2/c1-19(2)29-23-12-5-4-11-22(23)26-14-13-25-18-20-9-8-10-21(17-20)24(28)27-15-6-3-7-16-27/h4-5,8-12,17,19,25-26H,3,6-7,13-16,18H2,1-2H3. The Morgan fingerprint density at radius 1 is 1.03 bits per heavy atom. The molecule has 2 aromatic carbocycles. The fraction of sp³-hybridized carbons (Fsp3) is 0.458. The van der Waals surface area contributed by atoms with Gasteiger partial charge in [-0.1, -0.05) is 24.3 Å². The number of hydrogen-bond donors (Lipinski definition) is 2. The molecular formula is C24H33N3O2. The zero-order chi connectivity index (χ0) is 20.5. The number of piperidine rings is 1. The van der Waals surface area contributed by atoms with E-state index in [1.165, 1.54) is 6.42 Å². The summed E-state index contributed by atoms with van der Waals surface area (Å²) < 4.78 is 5.84. The third-order valence-electron chi connectivity index (χ3n) is 5.01. The van der Waals surface area contributed by atoms with Crippen molar-refractivity contribution in [1.82, 2.24) is 10.2 Å². The van der Waals surface area contributed by atoms with Crippen LogP contribution >= 0.6 is 0 Å². The molecule has 0 bridgehead atoms. The van der Waals surface area contributed by atoms with Gasteiger partial charge in [0, 0.05) is 38.3 Å². The lowest BCUT2D eigenvalue weighted by atomic mass is 10.1. The van der Waals surface area contributed by atoms with E-state index in [9.17, 15) is 4.79 Å². The monoisotopic (exact) mass is 395 g/mol. The van der Waals surface area contributed by atoms with Gasteiger partial charge >= 0.3 is 0 Å². The van der Waals surface area contributed by atoms with Crippen LogP contribution in [0.3, 0.4) is 0 Å². The second-order valence-electron chi connectivity index (χ2n) is 7.82. The third kappa shape index (κ3) is 6.50. The maximum atomic E-state index is 12.7. The van der Waals surface area contributed by atoms with E-state index in [4.69, 9.17) is 4.74 Å². The van der Waals surface area contributed by atoms with Gasteiger partial charge in [-0.25, -0.2) is 0 Å². The normalized spacial score (nSPS) is 14.1. The van der Waals surface area contributed by atoms with Crippen molar-refractivity contribution in [2.75, 3.05) is 31.5 Å². The summed E-state index contributed by atoms with van der Waals surface area (Å²) in [6.45, 7) is 8.19. The molecule has 1 heterocycles. The number of carbonyl (C=O) groups excluding carboxylic acids is 1. The van der Waals surface area contributed by atoms with Crippen molar-refractivity contribution in [3.63, 3.8) is 0 Å². The third-order valence-corrected chi connectivity index (χ3v) is 5.01. The molecule has 2 aromatic rings. The summed E-state index contributed by atoms with van der Waals surface area (Å²) in [5, 5.41) is 6.88. The van der Waals surface area contributed by atoms with E-state index in [0.29, 0.717) is 0 Å². The molecule has 0 unspecified atom stereocenters. The molecule has 1 fully saturated rings. The average Bonchev–Trinajstić information content (AvgIpc) is 2.74. The Morgan fingerprint density at radius 3 is 2.62 bits per heavy atom. The zero-order valence-corrected chi connectivity index (χ0v) is 17.6. The van der Waals surface area contributed by atoms with Gasteiger partial charge < -0.3 is 20.3 Å². The number of likely N-dealkylation sites (tertiary alicyclic amines) is 1. The predicted molar refractivity (Wildman–Crippen MR) is 119 cm³/mol. The molecule has 0 atom stereocenters. The fourth-order valence-corrected chi connectivity index (χ4v) is 3.58. The van der Waals surface area contributed by atoms with Crippen molar-refractivity contribution in [2.45, 2.75) is 45.8 Å².